The molecular weight excluding hydrogens is 317 g/mol. The molecule has 0 saturated heterocycles. The summed E-state index contributed by atoms with van der Waals surface area (Å²) in [4.78, 5) is 0. The number of anilines is 1. The molecule has 0 bridgehead atoms. The molecule has 0 fully saturated rings. The first-order valence-corrected chi connectivity index (χ1v) is 7.78. The SMILES string of the molecule is CCOc1cc(N)c(-c2cc(Cl)sc2Cl)cc1OCC. The summed E-state index contributed by atoms with van der Waals surface area (Å²) in [6, 6.07) is 5.40. The number of thiophene rings is 1. The number of rotatable bonds is 5. The van der Waals surface area contributed by atoms with Crippen LogP contribution in [0.2, 0.25) is 8.67 Å². The molecule has 2 N–H and O–H groups in total. The van der Waals surface area contributed by atoms with Gasteiger partial charge in [0.1, 0.15) is 4.34 Å². The molecular formula is C14H15Cl2NO2S. The average molecular weight is 332 g/mol. The lowest BCUT2D eigenvalue weighted by molar-refractivity contribution is 0.288. The molecule has 0 radical (unpaired) electrons. The molecule has 0 spiro atoms. The Bertz CT molecular complexity index is 613. The molecule has 108 valence electrons. The summed E-state index contributed by atoms with van der Waals surface area (Å²) in [5.74, 6) is 1.28. The van der Waals surface area contributed by atoms with Crippen molar-refractivity contribution in [3.8, 4) is 22.6 Å². The van der Waals surface area contributed by atoms with Gasteiger partial charge in [-0.25, -0.2) is 0 Å². The van der Waals surface area contributed by atoms with E-state index in [2.05, 4.69) is 0 Å². The number of nitrogen functional groups attached to an aromatic ring is 1. The van der Waals surface area contributed by atoms with Gasteiger partial charge in [0.15, 0.2) is 11.5 Å². The number of hydrogen-bond acceptors (Lipinski definition) is 4. The zero-order valence-corrected chi connectivity index (χ0v) is 13.5. The summed E-state index contributed by atoms with van der Waals surface area (Å²) in [6.45, 7) is 4.92. The highest BCUT2D eigenvalue weighted by molar-refractivity contribution is 7.20. The summed E-state index contributed by atoms with van der Waals surface area (Å²) in [7, 11) is 0. The van der Waals surface area contributed by atoms with Gasteiger partial charge in [-0.2, -0.15) is 0 Å². The van der Waals surface area contributed by atoms with Crippen molar-refractivity contribution in [1.82, 2.24) is 0 Å². The largest absolute Gasteiger partial charge is 0.490 e. The van der Waals surface area contributed by atoms with Crippen molar-refractivity contribution in [3.63, 3.8) is 0 Å². The third kappa shape index (κ3) is 3.14. The van der Waals surface area contributed by atoms with Gasteiger partial charge in [-0.15, -0.1) is 11.3 Å². The molecule has 0 aliphatic carbocycles. The van der Waals surface area contributed by atoms with Gasteiger partial charge in [0.05, 0.1) is 17.6 Å². The maximum Gasteiger partial charge on any atom is 0.163 e. The summed E-state index contributed by atoms with van der Waals surface area (Å²) in [6.07, 6.45) is 0. The highest BCUT2D eigenvalue weighted by Gasteiger charge is 2.16. The fourth-order valence-corrected chi connectivity index (χ4v) is 3.36. The van der Waals surface area contributed by atoms with Crippen LogP contribution in [0, 0.1) is 0 Å². The zero-order valence-electron chi connectivity index (χ0n) is 11.2. The quantitative estimate of drug-likeness (QED) is 0.775. The van der Waals surface area contributed by atoms with Crippen molar-refractivity contribution >= 4 is 40.2 Å². The lowest BCUT2D eigenvalue weighted by atomic mass is 10.1. The normalized spacial score (nSPS) is 10.6. The van der Waals surface area contributed by atoms with Crippen LogP contribution in [0.4, 0.5) is 5.69 Å². The van der Waals surface area contributed by atoms with Crippen molar-refractivity contribution in [1.29, 1.82) is 0 Å². The highest BCUT2D eigenvalue weighted by atomic mass is 35.5. The van der Waals surface area contributed by atoms with E-state index in [0.717, 1.165) is 11.1 Å². The highest BCUT2D eigenvalue weighted by Crippen LogP contribution is 2.44. The first-order chi connectivity index (χ1) is 9.56. The predicted molar refractivity (Wildman–Crippen MR) is 86.5 cm³/mol. The Balaban J connectivity index is 2.53. The Kier molecular flexibility index (Phi) is 5.02. The van der Waals surface area contributed by atoms with Crippen LogP contribution in [-0.2, 0) is 0 Å². The monoisotopic (exact) mass is 331 g/mol. The zero-order chi connectivity index (χ0) is 14.7. The van der Waals surface area contributed by atoms with Crippen molar-refractivity contribution in [2.45, 2.75) is 13.8 Å². The Morgan fingerprint density at radius 1 is 1.00 bits per heavy atom. The third-order valence-corrected chi connectivity index (χ3v) is 4.15. The second-order valence-corrected chi connectivity index (χ2v) is 6.28. The van der Waals surface area contributed by atoms with E-state index in [1.165, 1.54) is 11.3 Å². The predicted octanol–water partition coefficient (Wildman–Crippen LogP) is 5.10. The number of hydrogen-bond donors (Lipinski definition) is 1. The topological polar surface area (TPSA) is 44.5 Å². The third-order valence-electron chi connectivity index (χ3n) is 2.66. The van der Waals surface area contributed by atoms with Gasteiger partial charge in [0, 0.05) is 22.9 Å². The molecule has 1 aromatic heterocycles. The van der Waals surface area contributed by atoms with Gasteiger partial charge < -0.3 is 15.2 Å². The lowest BCUT2D eigenvalue weighted by Gasteiger charge is -2.14. The van der Waals surface area contributed by atoms with Crippen LogP contribution in [0.3, 0.4) is 0 Å². The average Bonchev–Trinajstić information content (AvgIpc) is 2.72. The molecule has 1 aromatic carbocycles. The summed E-state index contributed by atoms with van der Waals surface area (Å²) < 4.78 is 12.4. The molecule has 0 unspecified atom stereocenters. The van der Waals surface area contributed by atoms with Gasteiger partial charge in [-0.3, -0.25) is 0 Å². The lowest BCUT2D eigenvalue weighted by Crippen LogP contribution is -2.00. The fraction of sp³-hybridized carbons (Fsp3) is 0.286. The second kappa shape index (κ2) is 6.57. The summed E-state index contributed by atoms with van der Waals surface area (Å²) in [5, 5.41) is 0. The molecule has 20 heavy (non-hydrogen) atoms. The van der Waals surface area contributed by atoms with E-state index in [1.54, 1.807) is 12.1 Å². The first kappa shape index (κ1) is 15.3. The van der Waals surface area contributed by atoms with Crippen molar-refractivity contribution in [2.75, 3.05) is 18.9 Å². The van der Waals surface area contributed by atoms with Crippen LogP contribution < -0.4 is 15.2 Å². The number of nitrogens with two attached hydrogens (primary N) is 1. The van der Waals surface area contributed by atoms with Crippen LogP contribution in [0.1, 0.15) is 13.8 Å². The first-order valence-electron chi connectivity index (χ1n) is 6.21. The van der Waals surface area contributed by atoms with Gasteiger partial charge in [0.2, 0.25) is 0 Å². The molecule has 1 heterocycles. The molecule has 0 aliphatic heterocycles. The molecule has 2 rings (SSSR count). The fourth-order valence-electron chi connectivity index (χ4n) is 1.87. The molecule has 0 aliphatic rings. The number of halogens is 2. The summed E-state index contributed by atoms with van der Waals surface area (Å²) >= 11 is 13.5. The van der Waals surface area contributed by atoms with Crippen LogP contribution in [0.15, 0.2) is 18.2 Å². The Morgan fingerprint density at radius 2 is 1.60 bits per heavy atom. The number of ether oxygens (including phenoxy) is 2. The van der Waals surface area contributed by atoms with Gasteiger partial charge in [-0.1, -0.05) is 23.2 Å². The Hall–Kier alpha value is -1.10. The minimum Gasteiger partial charge on any atom is -0.490 e. The van der Waals surface area contributed by atoms with Crippen molar-refractivity contribution in [3.05, 3.63) is 26.9 Å². The standard InChI is InChI=1S/C14H15Cl2NO2S/c1-3-18-11-5-8(9-6-13(15)20-14(9)16)10(17)7-12(11)19-4-2/h5-7H,3-4,17H2,1-2H3. The van der Waals surface area contributed by atoms with Gasteiger partial charge in [0.25, 0.3) is 0 Å². The van der Waals surface area contributed by atoms with Crippen LogP contribution in [0.5, 0.6) is 11.5 Å². The van der Waals surface area contributed by atoms with E-state index < -0.39 is 0 Å². The molecule has 0 saturated carbocycles. The van der Waals surface area contributed by atoms with Crippen molar-refractivity contribution in [2.24, 2.45) is 0 Å². The second-order valence-electron chi connectivity index (χ2n) is 3.99. The Labute approximate surface area is 132 Å². The Morgan fingerprint density at radius 3 is 2.10 bits per heavy atom. The maximum absolute atomic E-state index is 6.19. The minimum atomic E-state index is 0.543. The molecule has 0 amide bonds. The smallest absolute Gasteiger partial charge is 0.163 e. The molecule has 6 heteroatoms. The molecule has 2 aromatic rings. The van der Waals surface area contributed by atoms with E-state index in [9.17, 15) is 0 Å². The van der Waals surface area contributed by atoms with Crippen LogP contribution >= 0.6 is 34.5 Å². The van der Waals surface area contributed by atoms with Crippen LogP contribution in [-0.4, -0.2) is 13.2 Å². The minimum absolute atomic E-state index is 0.543. The van der Waals surface area contributed by atoms with Gasteiger partial charge in [-0.05, 0) is 26.0 Å². The van der Waals surface area contributed by atoms with E-state index >= 15 is 0 Å². The van der Waals surface area contributed by atoms with Crippen molar-refractivity contribution < 1.29 is 9.47 Å². The summed E-state index contributed by atoms with van der Waals surface area (Å²) in [5.41, 5.74) is 8.28. The van der Waals surface area contributed by atoms with Gasteiger partial charge >= 0.3 is 0 Å². The number of benzene rings is 1. The van der Waals surface area contributed by atoms with E-state index in [1.807, 2.05) is 19.9 Å². The van der Waals surface area contributed by atoms with E-state index in [-0.39, 0.29) is 0 Å². The maximum atomic E-state index is 6.19. The van der Waals surface area contributed by atoms with E-state index in [4.69, 9.17) is 38.4 Å². The van der Waals surface area contributed by atoms with Crippen LogP contribution in [0.25, 0.3) is 11.1 Å². The van der Waals surface area contributed by atoms with E-state index in [0.29, 0.717) is 39.1 Å². The molecule has 3 nitrogen and oxygen atoms in total. The molecule has 0 atom stereocenters.